The van der Waals surface area contributed by atoms with Gasteiger partial charge in [0.2, 0.25) is 5.95 Å². The Labute approximate surface area is 139 Å². The zero-order valence-corrected chi connectivity index (χ0v) is 13.2. The summed E-state index contributed by atoms with van der Waals surface area (Å²) in [4.78, 5) is 4.40. The monoisotopic (exact) mass is 325 g/mol. The van der Waals surface area contributed by atoms with Crippen molar-refractivity contribution in [2.45, 2.75) is 6.42 Å². The molecule has 5 nitrogen and oxygen atoms in total. The van der Waals surface area contributed by atoms with E-state index < -0.39 is 0 Å². The van der Waals surface area contributed by atoms with Crippen molar-refractivity contribution in [2.24, 2.45) is 0 Å². The molecule has 1 aromatic heterocycles. The average Bonchev–Trinajstić information content (AvgIpc) is 2.58. The number of halogens is 1. The minimum absolute atomic E-state index is 0.465. The third-order valence-corrected chi connectivity index (χ3v) is 3.47. The second-order valence-electron chi connectivity index (χ2n) is 4.96. The van der Waals surface area contributed by atoms with Crippen LogP contribution in [0.5, 0.6) is 0 Å². The molecule has 3 aromatic rings. The number of nitrogens with one attached hydrogen (secondary N) is 2. The standard InChI is InChI=1S/C17H16ClN5/c18-14-8-6-13(7-9-14)10-11-19-16-12-20-23-17(22-16)21-15-4-2-1-3-5-15/h1-9,12H,10-11H2,(H2,19,21,22,23). The number of nitrogens with zero attached hydrogens (tertiary/aromatic N) is 3. The van der Waals surface area contributed by atoms with Gasteiger partial charge in [0.05, 0.1) is 6.20 Å². The topological polar surface area (TPSA) is 62.7 Å². The van der Waals surface area contributed by atoms with E-state index in [2.05, 4.69) is 25.8 Å². The number of para-hydroxylation sites is 1. The predicted octanol–water partition coefficient (Wildman–Crippen LogP) is 3.92. The SMILES string of the molecule is Clc1ccc(CCNc2cnnc(Nc3ccccc3)n2)cc1. The first-order chi connectivity index (χ1) is 11.3. The number of hydrogen-bond acceptors (Lipinski definition) is 5. The van der Waals surface area contributed by atoms with E-state index in [9.17, 15) is 0 Å². The molecule has 0 unspecified atom stereocenters. The van der Waals surface area contributed by atoms with Gasteiger partial charge in [-0.25, -0.2) is 0 Å². The van der Waals surface area contributed by atoms with Crippen LogP contribution in [-0.4, -0.2) is 21.7 Å². The molecule has 3 rings (SSSR count). The number of benzene rings is 2. The molecule has 1 heterocycles. The van der Waals surface area contributed by atoms with Crippen molar-refractivity contribution in [1.82, 2.24) is 15.2 Å². The number of hydrogen-bond donors (Lipinski definition) is 2. The van der Waals surface area contributed by atoms with Crippen molar-refractivity contribution in [3.63, 3.8) is 0 Å². The van der Waals surface area contributed by atoms with E-state index in [4.69, 9.17) is 11.6 Å². The van der Waals surface area contributed by atoms with Gasteiger partial charge in [0.1, 0.15) is 0 Å². The summed E-state index contributed by atoms with van der Waals surface area (Å²) in [5.74, 6) is 1.15. The van der Waals surface area contributed by atoms with Crippen LogP contribution in [0.25, 0.3) is 0 Å². The Morgan fingerprint density at radius 3 is 2.52 bits per heavy atom. The molecule has 0 fully saturated rings. The molecular formula is C17H16ClN5. The molecule has 23 heavy (non-hydrogen) atoms. The van der Waals surface area contributed by atoms with Gasteiger partial charge in [-0.3, -0.25) is 0 Å². The van der Waals surface area contributed by atoms with Crippen LogP contribution in [-0.2, 0) is 6.42 Å². The van der Waals surface area contributed by atoms with E-state index in [-0.39, 0.29) is 0 Å². The maximum atomic E-state index is 5.88. The molecule has 0 aliphatic carbocycles. The Morgan fingerprint density at radius 1 is 0.957 bits per heavy atom. The largest absolute Gasteiger partial charge is 0.368 e. The van der Waals surface area contributed by atoms with E-state index in [0.29, 0.717) is 11.8 Å². The molecular weight excluding hydrogens is 310 g/mol. The number of rotatable bonds is 6. The highest BCUT2D eigenvalue weighted by atomic mass is 35.5. The highest BCUT2D eigenvalue weighted by molar-refractivity contribution is 6.30. The van der Waals surface area contributed by atoms with Crippen molar-refractivity contribution in [3.05, 3.63) is 71.4 Å². The first-order valence-corrected chi connectivity index (χ1v) is 7.67. The summed E-state index contributed by atoms with van der Waals surface area (Å²) < 4.78 is 0. The van der Waals surface area contributed by atoms with Gasteiger partial charge >= 0.3 is 0 Å². The Kier molecular flexibility index (Phi) is 5.01. The lowest BCUT2D eigenvalue weighted by atomic mass is 10.1. The summed E-state index contributed by atoms with van der Waals surface area (Å²) in [6.07, 6.45) is 2.49. The molecule has 0 saturated carbocycles. The van der Waals surface area contributed by atoms with Crippen LogP contribution >= 0.6 is 11.6 Å². The van der Waals surface area contributed by atoms with Crippen LogP contribution < -0.4 is 10.6 Å². The molecule has 116 valence electrons. The predicted molar refractivity (Wildman–Crippen MR) is 93.2 cm³/mol. The minimum Gasteiger partial charge on any atom is -0.368 e. The van der Waals surface area contributed by atoms with Gasteiger partial charge in [0.25, 0.3) is 0 Å². The average molecular weight is 326 g/mol. The lowest BCUT2D eigenvalue weighted by Gasteiger charge is -2.07. The smallest absolute Gasteiger partial charge is 0.249 e. The molecule has 0 aliphatic heterocycles. The fourth-order valence-corrected chi connectivity index (χ4v) is 2.20. The molecule has 2 N–H and O–H groups in total. The molecule has 0 bridgehead atoms. The van der Waals surface area contributed by atoms with Gasteiger partial charge in [-0.2, -0.15) is 10.1 Å². The van der Waals surface area contributed by atoms with Gasteiger partial charge in [0, 0.05) is 17.3 Å². The summed E-state index contributed by atoms with van der Waals surface area (Å²) in [6.45, 7) is 0.755. The van der Waals surface area contributed by atoms with E-state index in [1.54, 1.807) is 6.20 Å². The van der Waals surface area contributed by atoms with Crippen molar-refractivity contribution in [1.29, 1.82) is 0 Å². The molecule has 0 atom stereocenters. The Morgan fingerprint density at radius 2 is 1.74 bits per heavy atom. The zero-order chi connectivity index (χ0) is 15.9. The summed E-state index contributed by atoms with van der Waals surface area (Å²) in [7, 11) is 0. The first kappa shape index (κ1) is 15.2. The van der Waals surface area contributed by atoms with Gasteiger partial charge in [-0.05, 0) is 36.2 Å². The Balaban J connectivity index is 1.56. The molecule has 0 radical (unpaired) electrons. The lowest BCUT2D eigenvalue weighted by molar-refractivity contribution is 0.950. The summed E-state index contributed by atoms with van der Waals surface area (Å²) in [5, 5.41) is 15.1. The molecule has 0 saturated heterocycles. The van der Waals surface area contributed by atoms with Gasteiger partial charge in [-0.1, -0.05) is 41.9 Å². The second kappa shape index (κ2) is 7.56. The number of aromatic nitrogens is 3. The third kappa shape index (κ3) is 4.66. The molecule has 2 aromatic carbocycles. The van der Waals surface area contributed by atoms with Crippen molar-refractivity contribution < 1.29 is 0 Å². The van der Waals surface area contributed by atoms with Crippen LogP contribution in [0, 0.1) is 0 Å². The van der Waals surface area contributed by atoms with Crippen LogP contribution in [0.2, 0.25) is 5.02 Å². The van der Waals surface area contributed by atoms with Crippen LogP contribution in [0.4, 0.5) is 17.5 Å². The van der Waals surface area contributed by atoms with Crippen LogP contribution in [0.1, 0.15) is 5.56 Å². The van der Waals surface area contributed by atoms with Crippen molar-refractivity contribution in [3.8, 4) is 0 Å². The lowest BCUT2D eigenvalue weighted by Crippen LogP contribution is -2.08. The maximum absolute atomic E-state index is 5.88. The normalized spacial score (nSPS) is 10.3. The van der Waals surface area contributed by atoms with Crippen LogP contribution in [0.15, 0.2) is 60.8 Å². The third-order valence-electron chi connectivity index (χ3n) is 3.22. The highest BCUT2D eigenvalue weighted by Gasteiger charge is 2.01. The van der Waals surface area contributed by atoms with Gasteiger partial charge in [-0.15, -0.1) is 5.10 Å². The van der Waals surface area contributed by atoms with E-state index in [1.807, 2.05) is 54.6 Å². The van der Waals surface area contributed by atoms with E-state index in [1.165, 1.54) is 5.56 Å². The Hall–Kier alpha value is -2.66. The van der Waals surface area contributed by atoms with Gasteiger partial charge < -0.3 is 10.6 Å². The Bertz CT molecular complexity index is 746. The van der Waals surface area contributed by atoms with Crippen molar-refractivity contribution >= 4 is 29.1 Å². The van der Waals surface area contributed by atoms with Gasteiger partial charge in [0.15, 0.2) is 5.82 Å². The molecule has 0 aliphatic rings. The fraction of sp³-hybridized carbons (Fsp3) is 0.118. The summed E-state index contributed by atoms with van der Waals surface area (Å²) >= 11 is 5.88. The molecule has 0 amide bonds. The first-order valence-electron chi connectivity index (χ1n) is 7.30. The summed E-state index contributed by atoms with van der Waals surface area (Å²) in [6, 6.07) is 17.6. The summed E-state index contributed by atoms with van der Waals surface area (Å²) in [5.41, 5.74) is 2.14. The molecule has 0 spiro atoms. The zero-order valence-electron chi connectivity index (χ0n) is 12.4. The fourth-order valence-electron chi connectivity index (χ4n) is 2.08. The van der Waals surface area contributed by atoms with Crippen molar-refractivity contribution in [2.75, 3.05) is 17.2 Å². The molecule has 6 heteroatoms. The highest BCUT2D eigenvalue weighted by Crippen LogP contribution is 2.13. The second-order valence-corrected chi connectivity index (χ2v) is 5.40. The quantitative estimate of drug-likeness (QED) is 0.719. The van der Waals surface area contributed by atoms with E-state index in [0.717, 1.165) is 23.7 Å². The van der Waals surface area contributed by atoms with Crippen LogP contribution in [0.3, 0.4) is 0 Å². The van der Waals surface area contributed by atoms with E-state index >= 15 is 0 Å². The minimum atomic E-state index is 0.465. The number of anilines is 3. The maximum Gasteiger partial charge on any atom is 0.249 e.